The maximum atomic E-state index is 10.8. The maximum Gasteiger partial charge on any atom is 0.337 e. The number of ether oxygens (including phenoxy) is 1. The second kappa shape index (κ2) is 6.25. The SMILES string of the molecule is O=C(O)c1ccc(CCOc2ccccc2)cc1Cl. The highest BCUT2D eigenvalue weighted by Crippen LogP contribution is 2.18. The average Bonchev–Trinajstić information content (AvgIpc) is 2.39. The molecule has 2 rings (SSSR count). The first-order chi connectivity index (χ1) is 9.16. The zero-order valence-corrected chi connectivity index (χ0v) is 10.9. The minimum atomic E-state index is -1.02. The lowest BCUT2D eigenvalue weighted by Gasteiger charge is -2.07. The molecule has 0 fully saturated rings. The van der Waals surface area contributed by atoms with Gasteiger partial charge in [-0.1, -0.05) is 35.9 Å². The van der Waals surface area contributed by atoms with E-state index in [9.17, 15) is 4.79 Å². The third kappa shape index (κ3) is 3.73. The zero-order valence-electron chi connectivity index (χ0n) is 10.2. The van der Waals surface area contributed by atoms with Crippen molar-refractivity contribution in [2.75, 3.05) is 6.61 Å². The largest absolute Gasteiger partial charge is 0.493 e. The molecule has 0 aliphatic carbocycles. The molecular formula is C15H13ClO3. The summed E-state index contributed by atoms with van der Waals surface area (Å²) in [5.74, 6) is -0.201. The molecule has 0 unspecified atom stereocenters. The molecule has 0 amide bonds. The molecule has 0 saturated heterocycles. The standard InChI is InChI=1S/C15H13ClO3/c16-14-10-11(6-7-13(14)15(17)18)8-9-19-12-4-2-1-3-5-12/h1-7,10H,8-9H2,(H,17,18). The van der Waals surface area contributed by atoms with Crippen LogP contribution in [0.15, 0.2) is 48.5 Å². The molecule has 98 valence electrons. The van der Waals surface area contributed by atoms with E-state index in [0.29, 0.717) is 13.0 Å². The fraction of sp³-hybridized carbons (Fsp3) is 0.133. The molecule has 0 aliphatic heterocycles. The first-order valence-corrected chi connectivity index (χ1v) is 6.24. The average molecular weight is 277 g/mol. The van der Waals surface area contributed by atoms with Crippen molar-refractivity contribution in [3.8, 4) is 5.75 Å². The Kier molecular flexibility index (Phi) is 4.42. The monoisotopic (exact) mass is 276 g/mol. The molecule has 0 bridgehead atoms. The molecule has 1 N–H and O–H groups in total. The lowest BCUT2D eigenvalue weighted by atomic mass is 10.1. The van der Waals surface area contributed by atoms with Gasteiger partial charge in [-0.05, 0) is 29.8 Å². The number of para-hydroxylation sites is 1. The molecule has 2 aromatic carbocycles. The number of carbonyl (C=O) groups is 1. The smallest absolute Gasteiger partial charge is 0.337 e. The van der Waals surface area contributed by atoms with Crippen LogP contribution in [0.1, 0.15) is 15.9 Å². The highest BCUT2D eigenvalue weighted by atomic mass is 35.5. The van der Waals surface area contributed by atoms with Crippen LogP contribution in [-0.4, -0.2) is 17.7 Å². The van der Waals surface area contributed by atoms with Gasteiger partial charge in [0.15, 0.2) is 0 Å². The Balaban J connectivity index is 1.93. The zero-order chi connectivity index (χ0) is 13.7. The number of benzene rings is 2. The first-order valence-electron chi connectivity index (χ1n) is 5.86. The van der Waals surface area contributed by atoms with Crippen LogP contribution in [0.2, 0.25) is 5.02 Å². The predicted molar refractivity (Wildman–Crippen MR) is 74.1 cm³/mol. The minimum Gasteiger partial charge on any atom is -0.493 e. The summed E-state index contributed by atoms with van der Waals surface area (Å²) < 4.78 is 5.57. The fourth-order valence-electron chi connectivity index (χ4n) is 1.69. The van der Waals surface area contributed by atoms with Crippen LogP contribution >= 0.6 is 11.6 Å². The minimum absolute atomic E-state index is 0.120. The van der Waals surface area contributed by atoms with Gasteiger partial charge in [-0.15, -0.1) is 0 Å². The second-order valence-corrected chi connectivity index (χ2v) is 4.44. The van der Waals surface area contributed by atoms with Crippen LogP contribution in [-0.2, 0) is 6.42 Å². The molecule has 0 saturated carbocycles. The third-order valence-corrected chi connectivity index (χ3v) is 2.98. The lowest BCUT2D eigenvalue weighted by Crippen LogP contribution is -2.03. The number of carboxylic acids is 1. The number of hydrogen-bond donors (Lipinski definition) is 1. The van der Waals surface area contributed by atoms with Crippen molar-refractivity contribution in [2.24, 2.45) is 0 Å². The van der Waals surface area contributed by atoms with Crippen molar-refractivity contribution in [1.82, 2.24) is 0 Å². The van der Waals surface area contributed by atoms with Crippen molar-refractivity contribution < 1.29 is 14.6 Å². The van der Waals surface area contributed by atoms with Gasteiger partial charge in [-0.25, -0.2) is 4.79 Å². The van der Waals surface area contributed by atoms with Gasteiger partial charge in [-0.2, -0.15) is 0 Å². The summed E-state index contributed by atoms with van der Waals surface area (Å²) in [6.45, 7) is 0.521. The van der Waals surface area contributed by atoms with Crippen LogP contribution < -0.4 is 4.74 Å². The maximum absolute atomic E-state index is 10.8. The van der Waals surface area contributed by atoms with E-state index in [1.165, 1.54) is 6.07 Å². The highest BCUT2D eigenvalue weighted by molar-refractivity contribution is 6.33. The van der Waals surface area contributed by atoms with E-state index in [2.05, 4.69) is 0 Å². The Morgan fingerprint density at radius 1 is 1.16 bits per heavy atom. The molecule has 4 heteroatoms. The van der Waals surface area contributed by atoms with Crippen LogP contribution in [0.4, 0.5) is 0 Å². The first kappa shape index (κ1) is 13.4. The second-order valence-electron chi connectivity index (χ2n) is 4.03. The Hall–Kier alpha value is -2.00. The van der Waals surface area contributed by atoms with E-state index in [0.717, 1.165) is 11.3 Å². The molecule has 0 atom stereocenters. The van der Waals surface area contributed by atoms with Crippen LogP contribution in [0.3, 0.4) is 0 Å². The Bertz CT molecular complexity index is 567. The lowest BCUT2D eigenvalue weighted by molar-refractivity contribution is 0.0697. The fourth-order valence-corrected chi connectivity index (χ4v) is 1.97. The third-order valence-electron chi connectivity index (χ3n) is 2.67. The van der Waals surface area contributed by atoms with E-state index in [-0.39, 0.29) is 10.6 Å². The Morgan fingerprint density at radius 3 is 2.53 bits per heavy atom. The van der Waals surface area contributed by atoms with Gasteiger partial charge in [0.2, 0.25) is 0 Å². The molecular weight excluding hydrogens is 264 g/mol. The number of halogens is 1. The van der Waals surface area contributed by atoms with Gasteiger partial charge >= 0.3 is 5.97 Å². The summed E-state index contributed by atoms with van der Waals surface area (Å²) in [6.07, 6.45) is 0.675. The van der Waals surface area contributed by atoms with Crippen LogP contribution in [0.5, 0.6) is 5.75 Å². The van der Waals surface area contributed by atoms with E-state index < -0.39 is 5.97 Å². The molecule has 19 heavy (non-hydrogen) atoms. The Morgan fingerprint density at radius 2 is 1.89 bits per heavy atom. The predicted octanol–water partition coefficient (Wildman–Crippen LogP) is 3.66. The molecule has 0 aliphatic rings. The number of hydrogen-bond acceptors (Lipinski definition) is 2. The molecule has 0 heterocycles. The van der Waals surface area contributed by atoms with Gasteiger partial charge in [0, 0.05) is 6.42 Å². The normalized spacial score (nSPS) is 10.2. The van der Waals surface area contributed by atoms with Crippen molar-refractivity contribution in [2.45, 2.75) is 6.42 Å². The summed E-state index contributed by atoms with van der Waals surface area (Å²) in [7, 11) is 0. The van der Waals surface area contributed by atoms with Gasteiger partial charge in [0.05, 0.1) is 17.2 Å². The van der Waals surface area contributed by atoms with Crippen molar-refractivity contribution in [3.05, 3.63) is 64.7 Å². The van der Waals surface area contributed by atoms with E-state index in [4.69, 9.17) is 21.4 Å². The number of rotatable bonds is 5. The Labute approximate surface area is 116 Å². The van der Waals surface area contributed by atoms with Crippen LogP contribution in [0.25, 0.3) is 0 Å². The van der Waals surface area contributed by atoms with Crippen LogP contribution in [0, 0.1) is 0 Å². The number of aromatic carboxylic acids is 1. The summed E-state index contributed by atoms with van der Waals surface area (Å²) in [5, 5.41) is 9.13. The summed E-state index contributed by atoms with van der Waals surface area (Å²) >= 11 is 5.90. The van der Waals surface area contributed by atoms with Gasteiger partial charge in [0.1, 0.15) is 5.75 Å². The van der Waals surface area contributed by atoms with Crippen molar-refractivity contribution in [1.29, 1.82) is 0 Å². The molecule has 0 spiro atoms. The van der Waals surface area contributed by atoms with Gasteiger partial charge in [-0.3, -0.25) is 0 Å². The number of carboxylic acid groups (broad SMARTS) is 1. The van der Waals surface area contributed by atoms with Crippen molar-refractivity contribution in [3.63, 3.8) is 0 Å². The van der Waals surface area contributed by atoms with Crippen molar-refractivity contribution >= 4 is 17.6 Å². The van der Waals surface area contributed by atoms with E-state index in [1.807, 2.05) is 30.3 Å². The van der Waals surface area contributed by atoms with Gasteiger partial charge in [0.25, 0.3) is 0 Å². The molecule has 0 radical (unpaired) electrons. The van der Waals surface area contributed by atoms with Gasteiger partial charge < -0.3 is 9.84 Å². The highest BCUT2D eigenvalue weighted by Gasteiger charge is 2.08. The summed E-state index contributed by atoms with van der Waals surface area (Å²) in [4.78, 5) is 10.8. The van der Waals surface area contributed by atoms with E-state index in [1.54, 1.807) is 12.1 Å². The summed E-state index contributed by atoms with van der Waals surface area (Å²) in [6, 6.07) is 14.5. The molecule has 0 aromatic heterocycles. The summed E-state index contributed by atoms with van der Waals surface area (Å²) in [5.41, 5.74) is 1.07. The quantitative estimate of drug-likeness (QED) is 0.906. The van der Waals surface area contributed by atoms with E-state index >= 15 is 0 Å². The molecule has 2 aromatic rings. The molecule has 3 nitrogen and oxygen atoms in total. The topological polar surface area (TPSA) is 46.5 Å².